The first-order chi connectivity index (χ1) is 9.45. The number of primary amides is 1. The van der Waals surface area contributed by atoms with E-state index in [9.17, 15) is 19.7 Å². The summed E-state index contributed by atoms with van der Waals surface area (Å²) in [4.78, 5) is 32.8. The minimum Gasteiger partial charge on any atom is -0.371 e. The fourth-order valence-electron chi connectivity index (χ4n) is 1.49. The number of anilines is 1. The van der Waals surface area contributed by atoms with Gasteiger partial charge in [-0.25, -0.2) is 0 Å². The highest BCUT2D eigenvalue weighted by atomic mass is 16.6. The average molecular weight is 280 g/mol. The Morgan fingerprint density at radius 3 is 2.65 bits per heavy atom. The Bertz CT molecular complexity index is 530. The van der Waals surface area contributed by atoms with Crippen LogP contribution in [0.2, 0.25) is 0 Å². The van der Waals surface area contributed by atoms with Gasteiger partial charge in [0.15, 0.2) is 0 Å². The number of nitrogens with one attached hydrogen (secondary N) is 2. The zero-order valence-electron chi connectivity index (χ0n) is 11.0. The number of nitrogens with two attached hydrogens (primary N) is 1. The highest BCUT2D eigenvalue weighted by Gasteiger charge is 2.16. The minimum absolute atomic E-state index is 0.0814. The molecule has 20 heavy (non-hydrogen) atoms. The van der Waals surface area contributed by atoms with Crippen LogP contribution in [0.15, 0.2) is 18.2 Å². The summed E-state index contributed by atoms with van der Waals surface area (Å²) in [5, 5.41) is 16.1. The van der Waals surface area contributed by atoms with E-state index in [-0.39, 0.29) is 29.4 Å². The number of carbonyl (C=O) groups is 2. The van der Waals surface area contributed by atoms with Gasteiger partial charge in [0.25, 0.3) is 5.69 Å². The molecule has 0 bridgehead atoms. The second kappa shape index (κ2) is 7.07. The van der Waals surface area contributed by atoms with Crippen LogP contribution in [0.25, 0.3) is 0 Å². The fourth-order valence-corrected chi connectivity index (χ4v) is 1.49. The molecule has 108 valence electrons. The van der Waals surface area contributed by atoms with Crippen molar-refractivity contribution in [2.24, 2.45) is 5.73 Å². The number of rotatable bonds is 7. The van der Waals surface area contributed by atoms with Crippen LogP contribution in [-0.4, -0.2) is 29.8 Å². The molecule has 0 saturated carbocycles. The highest BCUT2D eigenvalue weighted by Crippen LogP contribution is 2.25. The summed E-state index contributed by atoms with van der Waals surface area (Å²) in [6, 6.07) is 3.70. The fraction of sp³-hybridized carbons (Fsp3) is 0.333. The number of amides is 2. The lowest BCUT2D eigenvalue weighted by molar-refractivity contribution is -0.383. The summed E-state index contributed by atoms with van der Waals surface area (Å²) in [5.41, 5.74) is 5.10. The summed E-state index contributed by atoms with van der Waals surface area (Å²) < 4.78 is 0. The molecular formula is C12H16N4O4. The molecule has 0 fully saturated rings. The Labute approximate surface area is 115 Å². The number of carbonyl (C=O) groups excluding carboxylic acids is 2. The first-order valence-electron chi connectivity index (χ1n) is 6.04. The molecule has 2 amide bonds. The maximum Gasteiger partial charge on any atom is 0.292 e. The third-order valence-corrected chi connectivity index (χ3v) is 2.49. The van der Waals surface area contributed by atoms with Crippen molar-refractivity contribution in [3.63, 3.8) is 0 Å². The van der Waals surface area contributed by atoms with Gasteiger partial charge in [-0.3, -0.25) is 19.7 Å². The van der Waals surface area contributed by atoms with E-state index >= 15 is 0 Å². The van der Waals surface area contributed by atoms with Crippen LogP contribution in [0.5, 0.6) is 0 Å². The summed E-state index contributed by atoms with van der Waals surface area (Å²) in [5.74, 6) is -0.982. The van der Waals surface area contributed by atoms with Crippen molar-refractivity contribution in [1.29, 1.82) is 0 Å². The van der Waals surface area contributed by atoms with Gasteiger partial charge in [-0.05, 0) is 18.6 Å². The molecule has 8 heteroatoms. The molecular weight excluding hydrogens is 264 g/mol. The number of hydrogen-bond donors (Lipinski definition) is 3. The predicted octanol–water partition coefficient (Wildman–Crippen LogP) is 0.632. The normalized spacial score (nSPS) is 9.85. The van der Waals surface area contributed by atoms with Crippen molar-refractivity contribution in [2.75, 3.05) is 18.4 Å². The molecule has 0 atom stereocenters. The summed E-state index contributed by atoms with van der Waals surface area (Å²) >= 11 is 0. The monoisotopic (exact) mass is 280 g/mol. The first kappa shape index (κ1) is 15.4. The molecule has 0 saturated heterocycles. The zero-order valence-corrected chi connectivity index (χ0v) is 11.0. The molecule has 1 aromatic carbocycles. The molecule has 0 aliphatic rings. The summed E-state index contributed by atoms with van der Waals surface area (Å²) in [7, 11) is 0. The first-order valence-corrected chi connectivity index (χ1v) is 6.04. The van der Waals surface area contributed by atoms with Crippen LogP contribution in [-0.2, 0) is 4.79 Å². The van der Waals surface area contributed by atoms with E-state index in [0.717, 1.165) is 6.42 Å². The average Bonchev–Trinajstić information content (AvgIpc) is 2.42. The van der Waals surface area contributed by atoms with Gasteiger partial charge in [0.05, 0.1) is 11.5 Å². The molecule has 4 N–H and O–H groups in total. The Balaban J connectivity index is 2.85. The van der Waals surface area contributed by atoms with Crippen molar-refractivity contribution < 1.29 is 14.5 Å². The number of nitrogens with zero attached hydrogens (tertiary/aromatic N) is 1. The van der Waals surface area contributed by atoms with E-state index in [0.29, 0.717) is 6.54 Å². The van der Waals surface area contributed by atoms with Gasteiger partial charge >= 0.3 is 0 Å². The van der Waals surface area contributed by atoms with E-state index in [1.54, 1.807) is 0 Å². The quantitative estimate of drug-likeness (QED) is 0.498. The van der Waals surface area contributed by atoms with Gasteiger partial charge < -0.3 is 16.4 Å². The van der Waals surface area contributed by atoms with Gasteiger partial charge in [-0.15, -0.1) is 0 Å². The van der Waals surface area contributed by atoms with Gasteiger partial charge in [-0.1, -0.05) is 6.92 Å². The molecule has 0 radical (unpaired) electrons. The number of benzene rings is 1. The molecule has 8 nitrogen and oxygen atoms in total. The molecule has 0 aliphatic heterocycles. The van der Waals surface area contributed by atoms with Crippen molar-refractivity contribution in [3.05, 3.63) is 33.9 Å². The highest BCUT2D eigenvalue weighted by molar-refractivity contribution is 5.95. The Morgan fingerprint density at radius 1 is 1.40 bits per heavy atom. The SMILES string of the molecule is CCCNC(=O)CNc1cc(C(N)=O)ccc1[N+](=O)[O-]. The summed E-state index contributed by atoms with van der Waals surface area (Å²) in [6.45, 7) is 2.32. The van der Waals surface area contributed by atoms with Gasteiger partial charge in [0, 0.05) is 18.2 Å². The topological polar surface area (TPSA) is 127 Å². The second-order valence-corrected chi connectivity index (χ2v) is 4.06. The lowest BCUT2D eigenvalue weighted by atomic mass is 10.1. The summed E-state index contributed by atoms with van der Waals surface area (Å²) in [6.07, 6.45) is 0.795. The molecule has 1 rings (SSSR count). The molecule has 0 aromatic heterocycles. The molecule has 1 aromatic rings. The van der Waals surface area contributed by atoms with Crippen LogP contribution < -0.4 is 16.4 Å². The third kappa shape index (κ3) is 4.23. The van der Waals surface area contributed by atoms with Crippen molar-refractivity contribution in [3.8, 4) is 0 Å². The van der Waals surface area contributed by atoms with E-state index in [1.807, 2.05) is 6.92 Å². The van der Waals surface area contributed by atoms with Crippen molar-refractivity contribution in [1.82, 2.24) is 5.32 Å². The third-order valence-electron chi connectivity index (χ3n) is 2.49. The smallest absolute Gasteiger partial charge is 0.292 e. The lowest BCUT2D eigenvalue weighted by Gasteiger charge is -2.08. The Morgan fingerprint density at radius 2 is 2.10 bits per heavy atom. The van der Waals surface area contributed by atoms with Gasteiger partial charge in [0.2, 0.25) is 11.8 Å². The Kier molecular flexibility index (Phi) is 5.45. The standard InChI is InChI=1S/C12H16N4O4/c1-2-5-14-11(17)7-15-9-6-8(12(13)18)3-4-10(9)16(19)20/h3-4,6,15H,2,5,7H2,1H3,(H2,13,18)(H,14,17). The van der Waals surface area contributed by atoms with Crippen LogP contribution in [0.4, 0.5) is 11.4 Å². The van der Waals surface area contributed by atoms with Crippen LogP contribution >= 0.6 is 0 Å². The largest absolute Gasteiger partial charge is 0.371 e. The lowest BCUT2D eigenvalue weighted by Crippen LogP contribution is -2.30. The predicted molar refractivity (Wildman–Crippen MR) is 73.4 cm³/mol. The van der Waals surface area contributed by atoms with E-state index in [4.69, 9.17) is 5.73 Å². The molecule has 0 spiro atoms. The maximum absolute atomic E-state index is 11.4. The van der Waals surface area contributed by atoms with Gasteiger partial charge in [-0.2, -0.15) is 0 Å². The van der Waals surface area contributed by atoms with E-state index < -0.39 is 10.8 Å². The van der Waals surface area contributed by atoms with Crippen molar-refractivity contribution >= 4 is 23.2 Å². The van der Waals surface area contributed by atoms with Crippen LogP contribution in [0.1, 0.15) is 23.7 Å². The second-order valence-electron chi connectivity index (χ2n) is 4.06. The van der Waals surface area contributed by atoms with Crippen LogP contribution in [0.3, 0.4) is 0 Å². The molecule has 0 heterocycles. The maximum atomic E-state index is 11.4. The number of nitro benzene ring substituents is 1. The van der Waals surface area contributed by atoms with E-state index in [2.05, 4.69) is 10.6 Å². The van der Waals surface area contributed by atoms with Crippen molar-refractivity contribution in [2.45, 2.75) is 13.3 Å². The minimum atomic E-state index is -0.696. The Hall–Kier alpha value is -2.64. The van der Waals surface area contributed by atoms with Crippen LogP contribution in [0, 0.1) is 10.1 Å². The number of hydrogen-bond acceptors (Lipinski definition) is 5. The molecule has 0 unspecified atom stereocenters. The van der Waals surface area contributed by atoms with E-state index in [1.165, 1.54) is 18.2 Å². The van der Waals surface area contributed by atoms with Gasteiger partial charge in [0.1, 0.15) is 5.69 Å². The molecule has 0 aliphatic carbocycles. The number of nitro groups is 1. The zero-order chi connectivity index (χ0) is 15.1.